The number of nitrogens with zero attached hydrogens (tertiary/aromatic N) is 3. The minimum atomic E-state index is -1.30. The van der Waals surface area contributed by atoms with Crippen molar-refractivity contribution in [2.45, 2.75) is 18.4 Å². The Morgan fingerprint density at radius 3 is 2.69 bits per heavy atom. The second-order valence-electron chi connectivity index (χ2n) is 6.20. The molecule has 136 valence electrons. The van der Waals surface area contributed by atoms with E-state index in [0.29, 0.717) is 54.8 Å². The normalized spacial score (nSPS) is 17.8. The van der Waals surface area contributed by atoms with E-state index in [9.17, 15) is 9.90 Å². The monoisotopic (exact) mass is 358 g/mol. The number of piperidine rings is 1. The van der Waals surface area contributed by atoms with E-state index in [1.165, 1.54) is 6.33 Å². The van der Waals surface area contributed by atoms with E-state index in [-0.39, 0.29) is 6.79 Å². The molecule has 26 heavy (non-hydrogen) atoms. The summed E-state index contributed by atoms with van der Waals surface area (Å²) in [5.74, 6) is 1.68. The summed E-state index contributed by atoms with van der Waals surface area (Å²) < 4.78 is 16.5. The molecule has 2 aliphatic heterocycles. The minimum absolute atomic E-state index is 0.153. The van der Waals surface area contributed by atoms with Gasteiger partial charge < -0.3 is 30.0 Å². The van der Waals surface area contributed by atoms with Gasteiger partial charge in [-0.2, -0.15) is 0 Å². The van der Waals surface area contributed by atoms with Crippen LogP contribution in [-0.4, -0.2) is 46.5 Å². The minimum Gasteiger partial charge on any atom is -0.478 e. The van der Waals surface area contributed by atoms with Crippen molar-refractivity contribution in [1.29, 1.82) is 0 Å². The largest absolute Gasteiger partial charge is 0.478 e. The van der Waals surface area contributed by atoms with Gasteiger partial charge in [-0.3, -0.25) is 0 Å². The predicted octanol–water partition coefficient (Wildman–Crippen LogP) is 1.29. The van der Waals surface area contributed by atoms with Gasteiger partial charge in [0.25, 0.3) is 0 Å². The van der Waals surface area contributed by atoms with Crippen molar-refractivity contribution in [3.63, 3.8) is 0 Å². The molecule has 0 unspecified atom stereocenters. The quantitative estimate of drug-likeness (QED) is 0.833. The number of carboxylic acids is 1. The molecule has 1 aromatic carbocycles. The summed E-state index contributed by atoms with van der Waals surface area (Å²) in [6.45, 7) is 1.11. The van der Waals surface area contributed by atoms with Gasteiger partial charge in [0.1, 0.15) is 23.7 Å². The molecule has 0 aliphatic carbocycles. The van der Waals surface area contributed by atoms with Gasteiger partial charge in [0.05, 0.1) is 0 Å². The lowest BCUT2D eigenvalue weighted by atomic mass is 9.91. The number of anilines is 2. The number of hydrogen-bond acceptors (Lipinski definition) is 8. The fraction of sp³-hybridized carbons (Fsp3) is 0.353. The average Bonchev–Trinajstić information content (AvgIpc) is 3.10. The number of hydrogen-bond donors (Lipinski definition) is 2. The standard InChI is InChI=1S/C17H18N4O5/c18-14-8-15(20-9-19-14)21-5-3-17(4-6-21,16(22)23)26-11-1-2-12-13(7-11)25-10-24-12/h1-2,7-9H,3-6,10H2,(H,22,23)(H2,18,19,20). The zero-order chi connectivity index (χ0) is 18.1. The van der Waals surface area contributed by atoms with E-state index in [2.05, 4.69) is 9.97 Å². The van der Waals surface area contributed by atoms with E-state index < -0.39 is 11.6 Å². The lowest BCUT2D eigenvalue weighted by Gasteiger charge is -2.39. The van der Waals surface area contributed by atoms with Crippen LogP contribution in [0, 0.1) is 0 Å². The lowest BCUT2D eigenvalue weighted by Crippen LogP contribution is -2.53. The van der Waals surface area contributed by atoms with Gasteiger partial charge in [-0.1, -0.05) is 0 Å². The molecule has 0 radical (unpaired) electrons. The molecule has 3 heterocycles. The van der Waals surface area contributed by atoms with Crippen LogP contribution in [-0.2, 0) is 4.79 Å². The molecule has 1 aromatic heterocycles. The highest BCUT2D eigenvalue weighted by Gasteiger charge is 2.44. The third-order valence-electron chi connectivity index (χ3n) is 4.62. The topological polar surface area (TPSA) is 120 Å². The maximum atomic E-state index is 12.0. The Labute approximate surface area is 149 Å². The van der Waals surface area contributed by atoms with Crippen LogP contribution in [0.5, 0.6) is 17.2 Å². The number of benzene rings is 1. The molecule has 2 aromatic rings. The van der Waals surface area contributed by atoms with Gasteiger partial charge >= 0.3 is 5.97 Å². The number of nitrogen functional groups attached to an aromatic ring is 1. The first-order chi connectivity index (χ1) is 12.6. The lowest BCUT2D eigenvalue weighted by molar-refractivity contribution is -0.157. The van der Waals surface area contributed by atoms with E-state index in [4.69, 9.17) is 19.9 Å². The molecule has 3 N–H and O–H groups in total. The van der Waals surface area contributed by atoms with Crippen molar-refractivity contribution in [3.8, 4) is 17.2 Å². The zero-order valence-electron chi connectivity index (χ0n) is 13.9. The second kappa shape index (κ2) is 6.25. The number of nitrogens with two attached hydrogens (primary N) is 1. The number of ether oxygens (including phenoxy) is 3. The molecule has 1 saturated heterocycles. The Hall–Kier alpha value is -3.23. The number of aromatic nitrogens is 2. The Morgan fingerprint density at radius 1 is 1.19 bits per heavy atom. The summed E-state index contributed by atoms with van der Waals surface area (Å²) in [4.78, 5) is 22.0. The van der Waals surface area contributed by atoms with Crippen molar-refractivity contribution in [2.75, 3.05) is 30.5 Å². The van der Waals surface area contributed by atoms with Gasteiger partial charge in [0.2, 0.25) is 12.4 Å². The molecule has 0 spiro atoms. The first-order valence-corrected chi connectivity index (χ1v) is 8.20. The predicted molar refractivity (Wildman–Crippen MR) is 91.5 cm³/mol. The average molecular weight is 358 g/mol. The van der Waals surface area contributed by atoms with Crippen molar-refractivity contribution in [2.24, 2.45) is 0 Å². The van der Waals surface area contributed by atoms with Crippen LogP contribution >= 0.6 is 0 Å². The fourth-order valence-electron chi connectivity index (χ4n) is 3.16. The van der Waals surface area contributed by atoms with Crippen LogP contribution in [0.15, 0.2) is 30.6 Å². The molecular formula is C17H18N4O5. The maximum absolute atomic E-state index is 12.0. The first kappa shape index (κ1) is 16.2. The Balaban J connectivity index is 1.51. The Bertz CT molecular complexity index is 836. The first-order valence-electron chi connectivity index (χ1n) is 8.20. The molecular weight excluding hydrogens is 340 g/mol. The smallest absolute Gasteiger partial charge is 0.348 e. The van der Waals surface area contributed by atoms with E-state index in [1.807, 2.05) is 4.90 Å². The van der Waals surface area contributed by atoms with Crippen LogP contribution < -0.4 is 24.8 Å². The molecule has 9 nitrogen and oxygen atoms in total. The summed E-state index contributed by atoms with van der Waals surface area (Å²) in [6.07, 6.45) is 2.01. The molecule has 1 fully saturated rings. The van der Waals surface area contributed by atoms with Crippen LogP contribution in [0.4, 0.5) is 11.6 Å². The van der Waals surface area contributed by atoms with Crippen LogP contribution in [0.2, 0.25) is 0 Å². The van der Waals surface area contributed by atoms with Crippen LogP contribution in [0.3, 0.4) is 0 Å². The van der Waals surface area contributed by atoms with E-state index in [0.717, 1.165) is 0 Å². The molecule has 0 atom stereocenters. The van der Waals surface area contributed by atoms with Gasteiger partial charge in [0, 0.05) is 38.1 Å². The fourth-order valence-corrected chi connectivity index (χ4v) is 3.16. The number of carbonyl (C=O) groups is 1. The van der Waals surface area contributed by atoms with Crippen molar-refractivity contribution in [3.05, 3.63) is 30.6 Å². The summed E-state index contributed by atoms with van der Waals surface area (Å²) in [5, 5.41) is 9.80. The van der Waals surface area contributed by atoms with Crippen molar-refractivity contribution >= 4 is 17.6 Å². The Morgan fingerprint density at radius 2 is 1.96 bits per heavy atom. The van der Waals surface area contributed by atoms with Crippen LogP contribution in [0.25, 0.3) is 0 Å². The molecule has 4 rings (SSSR count). The molecule has 2 aliphatic rings. The van der Waals surface area contributed by atoms with Crippen molar-refractivity contribution in [1.82, 2.24) is 9.97 Å². The highest BCUT2D eigenvalue weighted by atomic mass is 16.7. The van der Waals surface area contributed by atoms with Gasteiger partial charge in [-0.15, -0.1) is 0 Å². The van der Waals surface area contributed by atoms with Gasteiger partial charge in [0.15, 0.2) is 11.5 Å². The summed E-state index contributed by atoms with van der Waals surface area (Å²) in [6, 6.07) is 6.73. The maximum Gasteiger partial charge on any atom is 0.348 e. The molecule has 0 amide bonds. The third kappa shape index (κ3) is 2.92. The number of carboxylic acid groups (broad SMARTS) is 1. The highest BCUT2D eigenvalue weighted by molar-refractivity contribution is 5.78. The van der Waals surface area contributed by atoms with E-state index >= 15 is 0 Å². The van der Waals surface area contributed by atoms with E-state index in [1.54, 1.807) is 24.3 Å². The molecule has 0 saturated carbocycles. The molecule has 9 heteroatoms. The molecule has 0 bridgehead atoms. The summed E-state index contributed by atoms with van der Waals surface area (Å²) in [5.41, 5.74) is 4.39. The Kier molecular flexibility index (Phi) is 3.90. The highest BCUT2D eigenvalue weighted by Crippen LogP contribution is 2.38. The number of fused-ring (bicyclic) bond motifs is 1. The van der Waals surface area contributed by atoms with Gasteiger partial charge in [-0.25, -0.2) is 14.8 Å². The zero-order valence-corrected chi connectivity index (χ0v) is 13.9. The summed E-state index contributed by atoms with van der Waals surface area (Å²) in [7, 11) is 0. The number of rotatable bonds is 4. The summed E-state index contributed by atoms with van der Waals surface area (Å²) >= 11 is 0. The van der Waals surface area contributed by atoms with Crippen LogP contribution in [0.1, 0.15) is 12.8 Å². The third-order valence-corrected chi connectivity index (χ3v) is 4.62. The SMILES string of the molecule is Nc1cc(N2CCC(Oc3ccc4c(c3)OCO4)(C(=O)O)CC2)ncn1. The van der Waals surface area contributed by atoms with Gasteiger partial charge in [-0.05, 0) is 12.1 Å². The van der Waals surface area contributed by atoms with Crippen molar-refractivity contribution < 1.29 is 24.1 Å². The number of aliphatic carboxylic acids is 1. The second-order valence-corrected chi connectivity index (χ2v) is 6.20.